The first-order valence-electron chi connectivity index (χ1n) is 11.3. The average Bonchev–Trinajstić information content (AvgIpc) is 3.42. The lowest BCUT2D eigenvalue weighted by Gasteiger charge is -2.24. The van der Waals surface area contributed by atoms with Crippen LogP contribution in [0.1, 0.15) is 29.1 Å². The predicted molar refractivity (Wildman–Crippen MR) is 138 cm³/mol. The molecule has 4 rings (SSSR count). The van der Waals surface area contributed by atoms with Gasteiger partial charge < -0.3 is 14.6 Å². The molecule has 1 amide bonds. The zero-order valence-corrected chi connectivity index (χ0v) is 20.7. The molecule has 1 unspecified atom stereocenters. The number of ketones is 1. The molecule has 184 valence electrons. The molecule has 1 atom stereocenters. The lowest BCUT2D eigenvalue weighted by Crippen LogP contribution is -2.31. The number of ether oxygens (including phenoxy) is 2. The van der Waals surface area contributed by atoms with E-state index in [0.717, 1.165) is 5.56 Å². The molecule has 1 N–H and O–H groups in total. The maximum atomic E-state index is 13.4. The molecule has 3 aromatic rings. The van der Waals surface area contributed by atoms with E-state index in [1.165, 1.54) is 22.3 Å². The molecule has 0 aliphatic carbocycles. The monoisotopic (exact) mass is 503 g/mol. The highest BCUT2D eigenvalue weighted by Crippen LogP contribution is 2.44. The van der Waals surface area contributed by atoms with Crippen molar-refractivity contribution in [2.75, 3.05) is 18.1 Å². The van der Waals surface area contributed by atoms with Crippen molar-refractivity contribution in [1.29, 1.82) is 0 Å². The quantitative estimate of drug-likeness (QED) is 0.307. The molecule has 1 aliphatic rings. The summed E-state index contributed by atoms with van der Waals surface area (Å²) in [5.74, 6) is -0.912. The Labute approximate surface area is 212 Å². The summed E-state index contributed by atoms with van der Waals surface area (Å²) in [7, 11) is 0. The molecule has 8 nitrogen and oxygen atoms in total. The summed E-state index contributed by atoms with van der Waals surface area (Å²) in [6, 6.07) is 13.5. The van der Waals surface area contributed by atoms with Crippen LogP contribution in [-0.4, -0.2) is 40.2 Å². The number of aliphatic hydroxyl groups excluding tert-OH is 1. The largest absolute Gasteiger partial charge is 0.503 e. The van der Waals surface area contributed by atoms with E-state index in [2.05, 4.69) is 16.8 Å². The van der Waals surface area contributed by atoms with E-state index in [1.54, 1.807) is 37.3 Å². The second-order valence-electron chi connectivity index (χ2n) is 7.79. The minimum absolute atomic E-state index is 0.0535. The minimum atomic E-state index is -0.939. The second kappa shape index (κ2) is 11.0. The van der Waals surface area contributed by atoms with Crippen LogP contribution < -0.4 is 14.4 Å². The molecule has 0 saturated heterocycles. The third-order valence-electron chi connectivity index (χ3n) is 5.36. The van der Waals surface area contributed by atoms with Crippen molar-refractivity contribution in [1.82, 2.24) is 10.2 Å². The van der Waals surface area contributed by atoms with Gasteiger partial charge in [0.1, 0.15) is 11.6 Å². The number of carbonyl (C=O) groups is 2. The highest BCUT2D eigenvalue weighted by Gasteiger charge is 2.45. The molecule has 0 radical (unpaired) electrons. The Morgan fingerprint density at radius 3 is 2.61 bits per heavy atom. The molecular weight excluding hydrogens is 478 g/mol. The van der Waals surface area contributed by atoms with Gasteiger partial charge in [-0.05, 0) is 43.2 Å². The Kier molecular flexibility index (Phi) is 7.60. The Morgan fingerprint density at radius 2 is 1.94 bits per heavy atom. The molecule has 0 saturated carbocycles. The zero-order valence-electron chi connectivity index (χ0n) is 19.9. The number of nitrogens with zero attached hydrogens (tertiary/aromatic N) is 3. The van der Waals surface area contributed by atoms with Gasteiger partial charge in [0.2, 0.25) is 5.13 Å². The van der Waals surface area contributed by atoms with E-state index < -0.39 is 23.5 Å². The summed E-state index contributed by atoms with van der Waals surface area (Å²) in [6.45, 7) is 7.93. The number of hydrogen-bond acceptors (Lipinski definition) is 8. The van der Waals surface area contributed by atoms with Gasteiger partial charge in [0.25, 0.3) is 5.91 Å². The number of hydrogen-bond donors (Lipinski definition) is 1. The Hall–Kier alpha value is -4.24. The molecule has 1 aromatic heterocycles. The van der Waals surface area contributed by atoms with Crippen LogP contribution in [0.4, 0.5) is 5.13 Å². The van der Waals surface area contributed by atoms with Crippen LogP contribution in [0.25, 0.3) is 6.08 Å². The van der Waals surface area contributed by atoms with Crippen molar-refractivity contribution in [3.05, 3.63) is 94.7 Å². The van der Waals surface area contributed by atoms with Gasteiger partial charge in [-0.3, -0.25) is 14.5 Å². The number of rotatable bonds is 10. The van der Waals surface area contributed by atoms with Crippen LogP contribution in [0.15, 0.2) is 78.6 Å². The third-order valence-corrected chi connectivity index (χ3v) is 6.20. The highest BCUT2D eigenvalue weighted by molar-refractivity contribution is 7.15. The topological polar surface area (TPSA) is 102 Å². The van der Waals surface area contributed by atoms with E-state index in [9.17, 15) is 14.7 Å². The fourth-order valence-electron chi connectivity index (χ4n) is 3.81. The minimum Gasteiger partial charge on any atom is -0.503 e. The van der Waals surface area contributed by atoms with E-state index in [1.807, 2.05) is 37.3 Å². The zero-order chi connectivity index (χ0) is 25.7. The number of amides is 1. The van der Waals surface area contributed by atoms with Crippen molar-refractivity contribution in [3.8, 4) is 11.5 Å². The summed E-state index contributed by atoms with van der Waals surface area (Å²) in [4.78, 5) is 27.9. The summed E-state index contributed by atoms with van der Waals surface area (Å²) in [6.07, 6.45) is 4.61. The van der Waals surface area contributed by atoms with E-state index in [4.69, 9.17) is 9.47 Å². The first kappa shape index (κ1) is 24.9. The molecule has 2 heterocycles. The van der Waals surface area contributed by atoms with Gasteiger partial charge in [-0.15, -0.1) is 10.2 Å². The summed E-state index contributed by atoms with van der Waals surface area (Å²) in [5.41, 5.74) is 1.30. The number of benzene rings is 2. The van der Waals surface area contributed by atoms with E-state index in [0.29, 0.717) is 28.7 Å². The van der Waals surface area contributed by atoms with E-state index in [-0.39, 0.29) is 17.3 Å². The highest BCUT2D eigenvalue weighted by atomic mass is 32.1. The van der Waals surface area contributed by atoms with Gasteiger partial charge in [-0.25, -0.2) is 0 Å². The Balaban J connectivity index is 1.80. The molecule has 0 bridgehead atoms. The van der Waals surface area contributed by atoms with Crippen LogP contribution in [0.3, 0.4) is 0 Å². The summed E-state index contributed by atoms with van der Waals surface area (Å²) >= 11 is 1.19. The number of aliphatic hydroxyl groups is 1. The molecule has 1 aliphatic heterocycles. The normalized spacial score (nSPS) is 15.6. The van der Waals surface area contributed by atoms with Crippen LogP contribution in [-0.2, 0) is 9.59 Å². The average molecular weight is 504 g/mol. The maximum absolute atomic E-state index is 13.4. The van der Waals surface area contributed by atoms with Crippen molar-refractivity contribution in [2.24, 2.45) is 0 Å². The molecular formula is C27H25N3O5S. The van der Waals surface area contributed by atoms with Gasteiger partial charge in [0.15, 0.2) is 23.0 Å². The van der Waals surface area contributed by atoms with Gasteiger partial charge >= 0.3 is 0 Å². The number of allylic oxidation sites excluding steroid dienone is 1. The maximum Gasteiger partial charge on any atom is 0.296 e. The van der Waals surface area contributed by atoms with Gasteiger partial charge in [-0.1, -0.05) is 66.5 Å². The molecule has 2 aromatic carbocycles. The predicted octanol–water partition coefficient (Wildman–Crippen LogP) is 4.99. The van der Waals surface area contributed by atoms with Crippen molar-refractivity contribution in [3.63, 3.8) is 0 Å². The van der Waals surface area contributed by atoms with Gasteiger partial charge in [-0.2, -0.15) is 0 Å². The number of anilines is 1. The fraction of sp³-hybridized carbons (Fsp3) is 0.185. The molecule has 9 heteroatoms. The van der Waals surface area contributed by atoms with Crippen molar-refractivity contribution in [2.45, 2.75) is 19.9 Å². The van der Waals surface area contributed by atoms with Crippen molar-refractivity contribution >= 4 is 34.2 Å². The number of aryl methyl sites for hydroxylation is 1. The number of aromatic nitrogens is 2. The summed E-state index contributed by atoms with van der Waals surface area (Å²) < 4.78 is 11.5. The fourth-order valence-corrected chi connectivity index (χ4v) is 4.52. The Bertz CT molecular complexity index is 1350. The van der Waals surface area contributed by atoms with Gasteiger partial charge in [0, 0.05) is 0 Å². The van der Waals surface area contributed by atoms with Crippen LogP contribution in [0.2, 0.25) is 0 Å². The van der Waals surface area contributed by atoms with Crippen molar-refractivity contribution < 1.29 is 24.2 Å². The summed E-state index contributed by atoms with van der Waals surface area (Å²) in [5, 5.41) is 19.9. The molecule has 0 spiro atoms. The van der Waals surface area contributed by atoms with Crippen LogP contribution in [0, 0.1) is 6.92 Å². The third kappa shape index (κ3) is 5.06. The SMILES string of the molecule is C=CCOc1ccc(C2C(C(=O)/C=C/c3ccccc3)=C(O)C(=O)N2c2nnc(C)s2)cc1OCC. The first-order valence-corrected chi connectivity index (χ1v) is 12.1. The first-order chi connectivity index (χ1) is 17.4. The molecule has 0 fully saturated rings. The van der Waals surface area contributed by atoms with E-state index >= 15 is 0 Å². The second-order valence-corrected chi connectivity index (χ2v) is 8.95. The smallest absolute Gasteiger partial charge is 0.296 e. The lowest BCUT2D eigenvalue weighted by molar-refractivity contribution is -0.117. The van der Waals surface area contributed by atoms with Crippen LogP contribution in [0.5, 0.6) is 11.5 Å². The Morgan fingerprint density at radius 1 is 1.17 bits per heavy atom. The standard InChI is InChI=1S/C27H25N3O5S/c1-4-15-35-21-14-12-19(16-22(21)34-5-2)24-23(20(31)13-11-18-9-7-6-8-10-18)25(32)26(33)30(24)27-29-28-17(3)36-27/h4,6-14,16,24,32H,1,5,15H2,2-3H3/b13-11+. The van der Waals surface area contributed by atoms with Gasteiger partial charge in [0.05, 0.1) is 18.2 Å². The van der Waals surface area contributed by atoms with Crippen LogP contribution >= 0.6 is 11.3 Å². The molecule has 36 heavy (non-hydrogen) atoms. The lowest BCUT2D eigenvalue weighted by atomic mass is 9.95. The number of carbonyl (C=O) groups excluding carboxylic acids is 2.